The number of amides is 2. The first-order valence-corrected chi connectivity index (χ1v) is 9.48. The van der Waals surface area contributed by atoms with Gasteiger partial charge in [-0.1, -0.05) is 12.8 Å². The van der Waals surface area contributed by atoms with Gasteiger partial charge in [-0.3, -0.25) is 9.59 Å². The van der Waals surface area contributed by atoms with Gasteiger partial charge >= 0.3 is 0 Å². The van der Waals surface area contributed by atoms with Gasteiger partial charge < -0.3 is 21.7 Å². The zero-order valence-corrected chi connectivity index (χ0v) is 15.3. The van der Waals surface area contributed by atoms with E-state index >= 15 is 0 Å². The van der Waals surface area contributed by atoms with Crippen molar-refractivity contribution in [2.24, 2.45) is 11.7 Å². The summed E-state index contributed by atoms with van der Waals surface area (Å²) >= 11 is 0. The minimum absolute atomic E-state index is 0.0682. The summed E-state index contributed by atoms with van der Waals surface area (Å²) in [7, 11) is 1.67. The number of carbonyl (C=O) groups excluding carboxylic acids is 2. The molecule has 26 heavy (non-hydrogen) atoms. The molecule has 8 heteroatoms. The monoisotopic (exact) mass is 360 g/mol. The maximum absolute atomic E-state index is 11.8. The van der Waals surface area contributed by atoms with Crippen LogP contribution < -0.4 is 21.7 Å². The fourth-order valence-electron chi connectivity index (χ4n) is 3.89. The summed E-state index contributed by atoms with van der Waals surface area (Å²) in [6.45, 7) is 0. The quantitative estimate of drug-likeness (QED) is 0.612. The van der Waals surface area contributed by atoms with Crippen LogP contribution in [0.2, 0.25) is 0 Å². The Bertz CT molecular complexity index is 651. The summed E-state index contributed by atoms with van der Waals surface area (Å²) in [6.07, 6.45) is 9.51. The largest absolute Gasteiger partial charge is 0.367 e. The summed E-state index contributed by atoms with van der Waals surface area (Å²) in [5, 5.41) is 9.41. The maximum Gasteiger partial charge on any atom is 0.254 e. The smallest absolute Gasteiger partial charge is 0.254 e. The Labute approximate surface area is 153 Å². The van der Waals surface area contributed by atoms with Crippen LogP contribution in [-0.2, 0) is 4.79 Å². The van der Waals surface area contributed by atoms with Crippen molar-refractivity contribution in [3.8, 4) is 0 Å². The SMILES string of the molecule is CNC(=O)[C@H]1CC[C@H](Nc2nc(NC3CCCC3)ncc2C(N)=O)CC1. The predicted molar refractivity (Wildman–Crippen MR) is 99.9 cm³/mol. The molecule has 2 amide bonds. The number of nitrogens with one attached hydrogen (secondary N) is 3. The molecule has 1 heterocycles. The maximum atomic E-state index is 11.8. The first-order chi connectivity index (χ1) is 12.6. The number of anilines is 2. The van der Waals surface area contributed by atoms with Crippen LogP contribution in [0.15, 0.2) is 6.20 Å². The van der Waals surface area contributed by atoms with Crippen LogP contribution in [0.5, 0.6) is 0 Å². The summed E-state index contributed by atoms with van der Waals surface area (Å²) < 4.78 is 0. The highest BCUT2D eigenvalue weighted by atomic mass is 16.2. The van der Waals surface area contributed by atoms with Gasteiger partial charge in [0.1, 0.15) is 5.82 Å². The van der Waals surface area contributed by atoms with Gasteiger partial charge in [-0.15, -0.1) is 0 Å². The molecule has 2 fully saturated rings. The lowest BCUT2D eigenvalue weighted by Gasteiger charge is -2.29. The Hall–Kier alpha value is -2.38. The van der Waals surface area contributed by atoms with Crippen molar-refractivity contribution in [1.29, 1.82) is 0 Å². The Morgan fingerprint density at radius 1 is 1.04 bits per heavy atom. The lowest BCUT2D eigenvalue weighted by molar-refractivity contribution is -0.125. The number of rotatable bonds is 6. The second-order valence-electron chi connectivity index (χ2n) is 7.25. The molecular formula is C18H28N6O2. The number of primary amides is 1. The van der Waals surface area contributed by atoms with Crippen molar-refractivity contribution in [3.05, 3.63) is 11.8 Å². The van der Waals surface area contributed by atoms with Crippen LogP contribution in [0.25, 0.3) is 0 Å². The summed E-state index contributed by atoms with van der Waals surface area (Å²) in [5.74, 6) is 0.642. The van der Waals surface area contributed by atoms with Gasteiger partial charge in [0.2, 0.25) is 11.9 Å². The Morgan fingerprint density at radius 3 is 2.31 bits per heavy atom. The molecule has 0 unspecified atom stereocenters. The molecule has 0 atom stereocenters. The van der Waals surface area contributed by atoms with Gasteiger partial charge in [-0.05, 0) is 38.5 Å². The topological polar surface area (TPSA) is 122 Å². The predicted octanol–water partition coefficient (Wildman–Crippen LogP) is 1.65. The first kappa shape index (κ1) is 18.4. The van der Waals surface area contributed by atoms with Crippen LogP contribution in [-0.4, -0.2) is 40.9 Å². The van der Waals surface area contributed by atoms with Gasteiger partial charge in [0.05, 0.1) is 5.56 Å². The van der Waals surface area contributed by atoms with Crippen molar-refractivity contribution >= 4 is 23.6 Å². The van der Waals surface area contributed by atoms with E-state index in [0.717, 1.165) is 38.5 Å². The molecule has 1 aromatic heterocycles. The summed E-state index contributed by atoms with van der Waals surface area (Å²) in [6, 6.07) is 0.563. The minimum Gasteiger partial charge on any atom is -0.367 e. The van der Waals surface area contributed by atoms with Gasteiger partial charge in [-0.25, -0.2) is 4.98 Å². The fraction of sp³-hybridized carbons (Fsp3) is 0.667. The molecule has 142 valence electrons. The van der Waals surface area contributed by atoms with E-state index in [4.69, 9.17) is 5.73 Å². The van der Waals surface area contributed by atoms with E-state index in [1.807, 2.05) is 0 Å². The highest BCUT2D eigenvalue weighted by Crippen LogP contribution is 2.28. The molecule has 0 bridgehead atoms. The highest BCUT2D eigenvalue weighted by Gasteiger charge is 2.27. The minimum atomic E-state index is -0.543. The molecule has 8 nitrogen and oxygen atoms in total. The van der Waals surface area contributed by atoms with E-state index in [1.54, 1.807) is 7.05 Å². The molecule has 0 spiro atoms. The van der Waals surface area contributed by atoms with E-state index in [1.165, 1.54) is 19.0 Å². The number of carbonyl (C=O) groups is 2. The number of hydrogen-bond acceptors (Lipinski definition) is 6. The molecule has 0 saturated heterocycles. The third-order valence-corrected chi connectivity index (χ3v) is 5.43. The Morgan fingerprint density at radius 2 is 1.69 bits per heavy atom. The number of hydrogen-bond donors (Lipinski definition) is 4. The van der Waals surface area contributed by atoms with E-state index in [2.05, 4.69) is 25.9 Å². The molecule has 5 N–H and O–H groups in total. The van der Waals surface area contributed by atoms with E-state index in [9.17, 15) is 9.59 Å². The third-order valence-electron chi connectivity index (χ3n) is 5.43. The molecule has 1 aromatic rings. The molecule has 3 rings (SSSR count). The van der Waals surface area contributed by atoms with Gasteiger partial charge in [-0.2, -0.15) is 4.98 Å². The van der Waals surface area contributed by atoms with Crippen LogP contribution in [0, 0.1) is 5.92 Å². The summed E-state index contributed by atoms with van der Waals surface area (Å²) in [4.78, 5) is 32.2. The standard InChI is InChI=1S/C18H28N6O2/c1-20-17(26)11-6-8-13(9-7-11)22-16-14(15(19)25)10-21-18(24-16)23-12-4-2-3-5-12/h10-13H,2-9H2,1H3,(H2,19,25)(H,20,26)(H2,21,22,23,24)/t11-,13-. The first-order valence-electron chi connectivity index (χ1n) is 9.48. The van der Waals surface area contributed by atoms with Crippen LogP contribution in [0.3, 0.4) is 0 Å². The average Bonchev–Trinajstić information content (AvgIpc) is 3.14. The van der Waals surface area contributed by atoms with Gasteiger partial charge in [0.15, 0.2) is 0 Å². The zero-order valence-electron chi connectivity index (χ0n) is 15.3. The van der Waals surface area contributed by atoms with E-state index in [-0.39, 0.29) is 17.9 Å². The van der Waals surface area contributed by atoms with Crippen LogP contribution >= 0.6 is 0 Å². The fourth-order valence-corrected chi connectivity index (χ4v) is 3.89. The average molecular weight is 360 g/mol. The molecule has 0 radical (unpaired) electrons. The van der Waals surface area contributed by atoms with E-state index in [0.29, 0.717) is 23.4 Å². The third kappa shape index (κ3) is 4.42. The number of nitrogens with zero attached hydrogens (tertiary/aromatic N) is 2. The van der Waals surface area contributed by atoms with Crippen LogP contribution in [0.4, 0.5) is 11.8 Å². The van der Waals surface area contributed by atoms with E-state index < -0.39 is 5.91 Å². The lowest BCUT2D eigenvalue weighted by Crippen LogP contribution is -2.34. The van der Waals surface area contributed by atoms with Crippen molar-refractivity contribution in [2.75, 3.05) is 17.7 Å². The normalized spacial score (nSPS) is 23.4. The molecular weight excluding hydrogens is 332 g/mol. The van der Waals surface area contributed by atoms with Crippen LogP contribution in [0.1, 0.15) is 61.7 Å². The van der Waals surface area contributed by atoms with Gasteiger partial charge in [0.25, 0.3) is 5.91 Å². The molecule has 0 aromatic carbocycles. The molecule has 2 saturated carbocycles. The van der Waals surface area contributed by atoms with Gasteiger partial charge in [0, 0.05) is 31.2 Å². The molecule has 0 aliphatic heterocycles. The number of nitrogens with two attached hydrogens (primary N) is 1. The Kier molecular flexibility index (Phi) is 5.90. The zero-order chi connectivity index (χ0) is 18.5. The van der Waals surface area contributed by atoms with Crippen molar-refractivity contribution in [1.82, 2.24) is 15.3 Å². The highest BCUT2D eigenvalue weighted by molar-refractivity contribution is 5.97. The van der Waals surface area contributed by atoms with Crippen molar-refractivity contribution in [3.63, 3.8) is 0 Å². The Balaban J connectivity index is 1.67. The second-order valence-corrected chi connectivity index (χ2v) is 7.25. The van der Waals surface area contributed by atoms with Crippen molar-refractivity contribution in [2.45, 2.75) is 63.5 Å². The number of aromatic nitrogens is 2. The lowest BCUT2D eigenvalue weighted by atomic mass is 9.85. The molecule has 2 aliphatic carbocycles. The summed E-state index contributed by atoms with van der Waals surface area (Å²) in [5.41, 5.74) is 5.78. The molecule has 2 aliphatic rings. The van der Waals surface area contributed by atoms with Crippen molar-refractivity contribution < 1.29 is 9.59 Å². The second kappa shape index (κ2) is 8.33.